The molecule has 4 rings (SSSR count). The largest absolute Gasteiger partial charge is 0.496 e. The van der Waals surface area contributed by atoms with Crippen LogP contribution >= 0.6 is 41.2 Å². The maximum absolute atomic E-state index is 11.5. The van der Waals surface area contributed by atoms with Gasteiger partial charge in [-0.15, -0.1) is 0 Å². The van der Waals surface area contributed by atoms with Gasteiger partial charge in [0.25, 0.3) is 0 Å². The second-order valence-corrected chi connectivity index (χ2v) is 11.5. The molecular weight excluding hydrogens is 531 g/mol. The van der Waals surface area contributed by atoms with E-state index >= 15 is 0 Å². The zero-order valence-corrected chi connectivity index (χ0v) is 22.5. The molecule has 2 heterocycles. The molecule has 2 N–H and O–H groups in total. The van der Waals surface area contributed by atoms with Gasteiger partial charge in [-0.05, 0) is 70.3 Å². The predicted molar refractivity (Wildman–Crippen MR) is 139 cm³/mol. The zero-order chi connectivity index (χ0) is 25.4. The highest BCUT2D eigenvalue weighted by molar-refractivity contribution is 8.54. The van der Waals surface area contributed by atoms with Gasteiger partial charge in [0, 0.05) is 28.1 Å². The standard InChI is InChI=1S/C19H20NO7PS2.C3H3NS/c1-24-14-6-5-11(9-17(14)30-28(21,22)23)13-10-29-20-18(13)12-7-15(25-2)19(27-4)16(8-12)26-3;1-2-4-5-3-1/h5-10H,1-4H3,(H2,21,22,23);1-3H. The molecule has 0 saturated carbocycles. The maximum atomic E-state index is 11.5. The van der Waals surface area contributed by atoms with E-state index < -0.39 is 6.80 Å². The molecule has 0 amide bonds. The maximum Gasteiger partial charge on any atom is 0.388 e. The topological polar surface area (TPSA) is 120 Å². The van der Waals surface area contributed by atoms with Gasteiger partial charge in [0.15, 0.2) is 11.5 Å². The number of hydrogen-bond acceptors (Lipinski definition) is 10. The Morgan fingerprint density at radius 2 is 1.57 bits per heavy atom. The van der Waals surface area contributed by atoms with E-state index in [1.165, 1.54) is 51.5 Å². The summed E-state index contributed by atoms with van der Waals surface area (Å²) in [4.78, 5) is 19.1. The molecule has 0 radical (unpaired) electrons. The molecule has 186 valence electrons. The number of hydrogen-bond donors (Lipinski definition) is 2. The first kappa shape index (κ1) is 27.0. The Labute approximate surface area is 214 Å². The summed E-state index contributed by atoms with van der Waals surface area (Å²) in [6, 6.07) is 10.7. The molecule has 0 unspecified atom stereocenters. The minimum atomic E-state index is -4.35. The van der Waals surface area contributed by atoms with Crippen molar-refractivity contribution in [2.45, 2.75) is 4.90 Å². The highest BCUT2D eigenvalue weighted by Gasteiger charge is 2.22. The third kappa shape index (κ3) is 6.97. The molecule has 0 bridgehead atoms. The number of rotatable bonds is 8. The zero-order valence-electron chi connectivity index (χ0n) is 19.2. The summed E-state index contributed by atoms with van der Waals surface area (Å²) in [6.45, 7) is -4.35. The smallest absolute Gasteiger partial charge is 0.388 e. The molecule has 0 aliphatic rings. The normalized spacial score (nSPS) is 10.8. The molecule has 2 aromatic carbocycles. The Bertz CT molecular complexity index is 1250. The molecule has 0 saturated heterocycles. The number of aromatic nitrogens is 2. The average Bonchev–Trinajstić information content (AvgIpc) is 3.57. The van der Waals surface area contributed by atoms with Crippen LogP contribution in [0.15, 0.2) is 58.3 Å². The van der Waals surface area contributed by atoms with Gasteiger partial charge in [-0.2, -0.15) is 4.37 Å². The van der Waals surface area contributed by atoms with E-state index in [1.807, 2.05) is 22.9 Å². The van der Waals surface area contributed by atoms with Gasteiger partial charge >= 0.3 is 6.80 Å². The van der Waals surface area contributed by atoms with Gasteiger partial charge in [-0.25, -0.2) is 8.94 Å². The molecule has 0 spiro atoms. The molecule has 9 nitrogen and oxygen atoms in total. The Hall–Kier alpha value is -2.60. The lowest BCUT2D eigenvalue weighted by atomic mass is 10.0. The van der Waals surface area contributed by atoms with Crippen LogP contribution in [0.3, 0.4) is 0 Å². The van der Waals surface area contributed by atoms with Crippen molar-refractivity contribution in [3.05, 3.63) is 53.4 Å². The van der Waals surface area contributed by atoms with Crippen molar-refractivity contribution in [2.24, 2.45) is 0 Å². The van der Waals surface area contributed by atoms with E-state index in [9.17, 15) is 14.4 Å². The lowest BCUT2D eigenvalue weighted by Gasteiger charge is -2.14. The van der Waals surface area contributed by atoms with Gasteiger partial charge in [0.05, 0.1) is 39.0 Å². The molecular formula is C22H23N2O7PS3. The lowest BCUT2D eigenvalue weighted by molar-refractivity contribution is 0.324. The SMILES string of the molecule is COc1ccc(-c2csnc2-c2cc(OC)c(OC)c(OC)c2)cc1SP(=O)(O)O.c1cnsc1. The van der Waals surface area contributed by atoms with E-state index in [1.54, 1.807) is 30.5 Å². The second-order valence-electron chi connectivity index (χ2n) is 6.63. The van der Waals surface area contributed by atoms with E-state index in [0.29, 0.717) is 45.0 Å². The van der Waals surface area contributed by atoms with Crippen molar-refractivity contribution in [3.63, 3.8) is 0 Å². The summed E-state index contributed by atoms with van der Waals surface area (Å²) in [5.74, 6) is 1.85. The molecule has 2 aromatic heterocycles. The quantitative estimate of drug-likeness (QED) is 0.257. The highest BCUT2D eigenvalue weighted by Crippen LogP contribution is 2.57. The molecule has 0 aliphatic heterocycles. The summed E-state index contributed by atoms with van der Waals surface area (Å²) in [7, 11) is 6.06. The first-order chi connectivity index (χ1) is 16.8. The monoisotopic (exact) mass is 554 g/mol. The van der Waals surface area contributed by atoms with Crippen LogP contribution in [0.2, 0.25) is 0 Å². The lowest BCUT2D eigenvalue weighted by Crippen LogP contribution is -1.96. The molecule has 4 aromatic rings. The van der Waals surface area contributed by atoms with Crippen molar-refractivity contribution in [2.75, 3.05) is 28.4 Å². The number of nitrogens with zero attached hydrogens (tertiary/aromatic N) is 2. The first-order valence-electron chi connectivity index (χ1n) is 9.84. The summed E-state index contributed by atoms with van der Waals surface area (Å²) < 4.78 is 41.3. The first-order valence-corrected chi connectivity index (χ1v) is 14.5. The van der Waals surface area contributed by atoms with Gasteiger partial charge in [-0.3, -0.25) is 0 Å². The Balaban J connectivity index is 0.000000607. The molecule has 0 fully saturated rings. The van der Waals surface area contributed by atoms with Crippen molar-refractivity contribution >= 4 is 41.2 Å². The Morgan fingerprint density at radius 1 is 0.886 bits per heavy atom. The van der Waals surface area contributed by atoms with E-state index in [2.05, 4.69) is 8.75 Å². The minimum Gasteiger partial charge on any atom is -0.496 e. The third-order valence-corrected chi connectivity index (χ3v) is 7.76. The Kier molecular flexibility index (Phi) is 9.55. The fraction of sp³-hybridized carbons (Fsp3) is 0.182. The van der Waals surface area contributed by atoms with Crippen molar-refractivity contribution in [1.82, 2.24) is 8.75 Å². The van der Waals surface area contributed by atoms with E-state index in [0.717, 1.165) is 16.7 Å². The molecule has 35 heavy (non-hydrogen) atoms. The molecule has 0 atom stereocenters. The van der Waals surface area contributed by atoms with Crippen LogP contribution in [0.1, 0.15) is 0 Å². The van der Waals surface area contributed by atoms with Crippen molar-refractivity contribution in [3.8, 4) is 45.4 Å². The fourth-order valence-electron chi connectivity index (χ4n) is 3.09. The van der Waals surface area contributed by atoms with Crippen LogP contribution < -0.4 is 18.9 Å². The van der Waals surface area contributed by atoms with Gasteiger partial charge in [0.2, 0.25) is 5.75 Å². The van der Waals surface area contributed by atoms with Crippen molar-refractivity contribution in [1.29, 1.82) is 0 Å². The summed E-state index contributed by atoms with van der Waals surface area (Å²) >= 11 is 3.18. The summed E-state index contributed by atoms with van der Waals surface area (Å²) in [6.07, 6.45) is 1.77. The predicted octanol–water partition coefficient (Wildman–Crippen LogP) is 5.84. The van der Waals surface area contributed by atoms with Gasteiger partial charge < -0.3 is 28.7 Å². The van der Waals surface area contributed by atoms with Crippen molar-refractivity contribution < 1.29 is 33.3 Å². The minimum absolute atomic E-state index is 0.338. The average molecular weight is 555 g/mol. The van der Waals surface area contributed by atoms with E-state index in [4.69, 9.17) is 18.9 Å². The fourth-order valence-corrected chi connectivity index (χ4v) is 6.03. The van der Waals surface area contributed by atoms with Crippen LogP contribution in [0, 0.1) is 0 Å². The molecule has 13 heteroatoms. The van der Waals surface area contributed by atoms with E-state index in [-0.39, 0.29) is 0 Å². The van der Waals surface area contributed by atoms with Crippen LogP contribution in [-0.2, 0) is 4.57 Å². The highest BCUT2D eigenvalue weighted by atomic mass is 32.7. The summed E-state index contributed by atoms with van der Waals surface area (Å²) in [5.41, 5.74) is 2.96. The van der Waals surface area contributed by atoms with Gasteiger partial charge in [0.1, 0.15) is 5.75 Å². The van der Waals surface area contributed by atoms with Crippen LogP contribution in [0.25, 0.3) is 22.4 Å². The third-order valence-electron chi connectivity index (χ3n) is 4.55. The number of benzene rings is 2. The number of methoxy groups -OCH3 is 4. The van der Waals surface area contributed by atoms with Crippen LogP contribution in [0.4, 0.5) is 0 Å². The summed E-state index contributed by atoms with van der Waals surface area (Å²) in [5, 5.41) is 3.80. The molecule has 0 aliphatic carbocycles. The Morgan fingerprint density at radius 3 is 2.06 bits per heavy atom. The number of ether oxygens (including phenoxy) is 4. The second kappa shape index (κ2) is 12.4. The van der Waals surface area contributed by atoms with Crippen LogP contribution in [-0.4, -0.2) is 47.0 Å². The van der Waals surface area contributed by atoms with Gasteiger partial charge in [-0.1, -0.05) is 6.07 Å². The van der Waals surface area contributed by atoms with Crippen LogP contribution in [0.5, 0.6) is 23.0 Å².